The Bertz CT molecular complexity index is 496. The Kier molecular flexibility index (Phi) is 6.66. The number of amides is 1. The van der Waals surface area contributed by atoms with Crippen LogP contribution in [0.25, 0.3) is 6.08 Å². The Labute approximate surface area is 123 Å². The monoisotopic (exact) mass is 295 g/mol. The molecule has 0 saturated carbocycles. The molecule has 0 unspecified atom stereocenters. The first-order valence-electron chi connectivity index (χ1n) is 6.02. The molecule has 0 heterocycles. The SMILES string of the molecule is COc1ccc(/C=C(/CS)C(=O)NCCC(=O)O)cc1. The van der Waals surface area contributed by atoms with Crippen molar-refractivity contribution in [2.75, 3.05) is 19.4 Å². The maximum Gasteiger partial charge on any atom is 0.305 e. The van der Waals surface area contributed by atoms with Crippen molar-refractivity contribution in [3.05, 3.63) is 35.4 Å². The lowest BCUT2D eigenvalue weighted by atomic mass is 10.1. The number of nitrogens with one attached hydrogen (secondary N) is 1. The molecular weight excluding hydrogens is 278 g/mol. The maximum atomic E-state index is 11.8. The second-order valence-corrected chi connectivity index (χ2v) is 4.32. The van der Waals surface area contributed by atoms with E-state index in [4.69, 9.17) is 9.84 Å². The second kappa shape index (κ2) is 8.27. The van der Waals surface area contributed by atoms with Gasteiger partial charge in [0.25, 0.3) is 0 Å². The van der Waals surface area contributed by atoms with Crippen LogP contribution in [0.3, 0.4) is 0 Å². The fourth-order valence-corrected chi connectivity index (χ4v) is 1.72. The van der Waals surface area contributed by atoms with Gasteiger partial charge in [0.15, 0.2) is 0 Å². The predicted octanol–water partition coefficient (Wildman–Crippen LogP) is 1.60. The molecule has 0 radical (unpaired) electrons. The number of ether oxygens (including phenoxy) is 1. The summed E-state index contributed by atoms with van der Waals surface area (Å²) in [5.74, 6) is -0.250. The average Bonchev–Trinajstić information content (AvgIpc) is 2.44. The Balaban J connectivity index is 2.69. The largest absolute Gasteiger partial charge is 0.497 e. The van der Waals surface area contributed by atoms with E-state index < -0.39 is 5.97 Å². The molecule has 1 aromatic carbocycles. The fourth-order valence-electron chi connectivity index (χ4n) is 1.48. The molecule has 6 heteroatoms. The molecule has 1 aromatic rings. The van der Waals surface area contributed by atoms with Gasteiger partial charge in [-0.3, -0.25) is 9.59 Å². The van der Waals surface area contributed by atoms with E-state index in [1.54, 1.807) is 25.3 Å². The minimum Gasteiger partial charge on any atom is -0.497 e. The summed E-state index contributed by atoms with van der Waals surface area (Å²) in [4.78, 5) is 22.2. The van der Waals surface area contributed by atoms with Crippen LogP contribution in [0.4, 0.5) is 0 Å². The van der Waals surface area contributed by atoms with Crippen molar-refractivity contribution in [3.8, 4) is 5.75 Å². The van der Waals surface area contributed by atoms with Gasteiger partial charge in [-0.05, 0) is 23.8 Å². The molecule has 0 atom stereocenters. The molecule has 108 valence electrons. The van der Waals surface area contributed by atoms with Gasteiger partial charge in [0.2, 0.25) is 5.91 Å². The van der Waals surface area contributed by atoms with E-state index in [0.29, 0.717) is 5.57 Å². The predicted molar refractivity (Wildman–Crippen MR) is 80.1 cm³/mol. The number of carboxylic acid groups (broad SMARTS) is 1. The van der Waals surface area contributed by atoms with Crippen LogP contribution in [0.5, 0.6) is 5.75 Å². The second-order valence-electron chi connectivity index (χ2n) is 4.00. The van der Waals surface area contributed by atoms with Crippen LogP contribution in [-0.4, -0.2) is 36.4 Å². The molecule has 0 bridgehead atoms. The molecule has 0 spiro atoms. The van der Waals surface area contributed by atoms with Crippen molar-refractivity contribution < 1.29 is 19.4 Å². The van der Waals surface area contributed by atoms with Gasteiger partial charge in [-0.2, -0.15) is 12.6 Å². The van der Waals surface area contributed by atoms with Gasteiger partial charge >= 0.3 is 5.97 Å². The number of carbonyl (C=O) groups excluding carboxylic acids is 1. The highest BCUT2D eigenvalue weighted by Gasteiger charge is 2.08. The van der Waals surface area contributed by atoms with Gasteiger partial charge in [-0.1, -0.05) is 12.1 Å². The van der Waals surface area contributed by atoms with Crippen LogP contribution in [-0.2, 0) is 9.59 Å². The molecule has 1 amide bonds. The maximum absolute atomic E-state index is 11.8. The molecule has 0 aliphatic rings. The summed E-state index contributed by atoms with van der Waals surface area (Å²) >= 11 is 4.12. The first kappa shape index (κ1) is 16.1. The number of hydrogen-bond acceptors (Lipinski definition) is 4. The first-order valence-corrected chi connectivity index (χ1v) is 6.65. The van der Waals surface area contributed by atoms with Gasteiger partial charge < -0.3 is 15.2 Å². The third kappa shape index (κ3) is 5.36. The molecule has 0 fully saturated rings. The van der Waals surface area contributed by atoms with Crippen molar-refractivity contribution >= 4 is 30.6 Å². The van der Waals surface area contributed by atoms with Gasteiger partial charge in [0, 0.05) is 17.9 Å². The molecule has 5 nitrogen and oxygen atoms in total. The van der Waals surface area contributed by atoms with E-state index in [2.05, 4.69) is 17.9 Å². The number of aliphatic carboxylic acids is 1. The number of methoxy groups -OCH3 is 1. The molecule has 1 rings (SSSR count). The van der Waals surface area contributed by atoms with E-state index in [1.807, 2.05) is 12.1 Å². The highest BCUT2D eigenvalue weighted by atomic mass is 32.1. The smallest absolute Gasteiger partial charge is 0.305 e. The van der Waals surface area contributed by atoms with Gasteiger partial charge in [0.05, 0.1) is 13.5 Å². The normalized spacial score (nSPS) is 11.0. The Morgan fingerprint density at radius 1 is 1.35 bits per heavy atom. The topological polar surface area (TPSA) is 75.6 Å². The van der Waals surface area contributed by atoms with Crippen molar-refractivity contribution in [2.24, 2.45) is 0 Å². The summed E-state index contributed by atoms with van der Waals surface area (Å²) in [5.41, 5.74) is 1.33. The van der Waals surface area contributed by atoms with E-state index in [0.717, 1.165) is 11.3 Å². The number of carbonyl (C=O) groups is 2. The van der Waals surface area contributed by atoms with E-state index in [9.17, 15) is 9.59 Å². The summed E-state index contributed by atoms with van der Waals surface area (Å²) in [6.07, 6.45) is 1.61. The quantitative estimate of drug-likeness (QED) is 0.527. The summed E-state index contributed by atoms with van der Waals surface area (Å²) in [5, 5.41) is 11.1. The van der Waals surface area contributed by atoms with Crippen LogP contribution in [0.1, 0.15) is 12.0 Å². The molecule has 0 aromatic heterocycles. The molecular formula is C14H17NO4S. The lowest BCUT2D eigenvalue weighted by Crippen LogP contribution is -2.27. The summed E-state index contributed by atoms with van der Waals surface area (Å²) in [6, 6.07) is 7.24. The minimum atomic E-state index is -0.947. The van der Waals surface area contributed by atoms with Crippen LogP contribution in [0, 0.1) is 0 Å². The number of rotatable bonds is 7. The molecule has 0 saturated heterocycles. The van der Waals surface area contributed by atoms with Crippen molar-refractivity contribution in [2.45, 2.75) is 6.42 Å². The van der Waals surface area contributed by atoms with E-state index in [1.165, 1.54) is 0 Å². The van der Waals surface area contributed by atoms with Crippen LogP contribution in [0.2, 0.25) is 0 Å². The molecule has 20 heavy (non-hydrogen) atoms. The number of hydrogen-bond donors (Lipinski definition) is 3. The fraction of sp³-hybridized carbons (Fsp3) is 0.286. The van der Waals surface area contributed by atoms with E-state index >= 15 is 0 Å². The summed E-state index contributed by atoms with van der Waals surface area (Å²) in [6.45, 7) is 0.0991. The van der Waals surface area contributed by atoms with Crippen molar-refractivity contribution in [1.29, 1.82) is 0 Å². The lowest BCUT2D eigenvalue weighted by Gasteiger charge is -2.06. The standard InChI is InChI=1S/C14H17NO4S/c1-19-12-4-2-10(3-5-12)8-11(9-20)14(18)15-7-6-13(16)17/h2-5,8,20H,6-7,9H2,1H3,(H,15,18)(H,16,17)/b11-8-. The summed E-state index contributed by atoms with van der Waals surface area (Å²) < 4.78 is 5.05. The zero-order chi connectivity index (χ0) is 15.0. The van der Waals surface area contributed by atoms with Crippen molar-refractivity contribution in [1.82, 2.24) is 5.32 Å². The van der Waals surface area contributed by atoms with Gasteiger partial charge in [-0.25, -0.2) is 0 Å². The van der Waals surface area contributed by atoms with Crippen molar-refractivity contribution in [3.63, 3.8) is 0 Å². The highest BCUT2D eigenvalue weighted by Crippen LogP contribution is 2.14. The molecule has 0 aliphatic heterocycles. The zero-order valence-corrected chi connectivity index (χ0v) is 12.0. The third-order valence-electron chi connectivity index (χ3n) is 2.54. The van der Waals surface area contributed by atoms with Crippen LogP contribution < -0.4 is 10.1 Å². The highest BCUT2D eigenvalue weighted by molar-refractivity contribution is 7.80. The van der Waals surface area contributed by atoms with Gasteiger partial charge in [0.1, 0.15) is 5.75 Å². The minimum absolute atomic E-state index is 0.0991. The Morgan fingerprint density at radius 3 is 2.50 bits per heavy atom. The average molecular weight is 295 g/mol. The third-order valence-corrected chi connectivity index (χ3v) is 2.88. The molecule has 0 aliphatic carbocycles. The van der Waals surface area contributed by atoms with Crippen LogP contribution >= 0.6 is 12.6 Å². The zero-order valence-electron chi connectivity index (χ0n) is 11.1. The van der Waals surface area contributed by atoms with Gasteiger partial charge in [-0.15, -0.1) is 0 Å². The molecule has 2 N–H and O–H groups in total. The first-order chi connectivity index (χ1) is 9.56. The number of benzene rings is 1. The Morgan fingerprint density at radius 2 is 2.00 bits per heavy atom. The number of thiol groups is 1. The lowest BCUT2D eigenvalue weighted by molar-refractivity contribution is -0.136. The van der Waals surface area contributed by atoms with E-state index in [-0.39, 0.29) is 24.6 Å². The van der Waals surface area contributed by atoms with Crippen LogP contribution in [0.15, 0.2) is 29.8 Å². The number of carboxylic acids is 1. The Hall–Kier alpha value is -1.95. The summed E-state index contributed by atoms with van der Waals surface area (Å²) in [7, 11) is 1.58.